The molecule has 0 amide bonds. The minimum absolute atomic E-state index is 0.172. The summed E-state index contributed by atoms with van der Waals surface area (Å²) in [6, 6.07) is 8.71. The maximum absolute atomic E-state index is 12.9. The van der Waals surface area contributed by atoms with Crippen molar-refractivity contribution in [2.75, 3.05) is 0 Å². The number of benzene rings is 2. The Morgan fingerprint density at radius 2 is 1.77 bits per heavy atom. The Kier molecular flexibility index (Phi) is 5.94. The number of hydrogen-bond donors (Lipinski definition) is 2. The van der Waals surface area contributed by atoms with Gasteiger partial charge in [-0.15, -0.1) is 0 Å². The molecular formula is C16H13ClF3NO4S. The second kappa shape index (κ2) is 7.65. The molecule has 0 heterocycles. The summed E-state index contributed by atoms with van der Waals surface area (Å²) >= 11 is 5.47. The van der Waals surface area contributed by atoms with E-state index in [9.17, 15) is 31.5 Å². The molecule has 10 heteroatoms. The van der Waals surface area contributed by atoms with Gasteiger partial charge in [-0.1, -0.05) is 41.9 Å². The first kappa shape index (κ1) is 20.2. The molecule has 140 valence electrons. The average Bonchev–Trinajstić information content (AvgIpc) is 2.54. The van der Waals surface area contributed by atoms with Crippen LogP contribution in [0, 0.1) is 0 Å². The Morgan fingerprint density at radius 1 is 1.15 bits per heavy atom. The number of carboxylic acids is 1. The zero-order valence-electron chi connectivity index (χ0n) is 13.0. The zero-order chi connectivity index (χ0) is 19.5. The molecule has 0 radical (unpaired) electrons. The second-order valence-electron chi connectivity index (χ2n) is 5.34. The number of carboxylic acid groups (broad SMARTS) is 1. The summed E-state index contributed by atoms with van der Waals surface area (Å²) in [4.78, 5) is 10.6. The third kappa shape index (κ3) is 4.96. The molecule has 1 unspecified atom stereocenters. The van der Waals surface area contributed by atoms with Gasteiger partial charge in [-0.2, -0.15) is 17.9 Å². The van der Waals surface area contributed by atoms with Gasteiger partial charge in [0.2, 0.25) is 10.0 Å². The molecular weight excluding hydrogens is 395 g/mol. The highest BCUT2D eigenvalue weighted by Gasteiger charge is 2.35. The summed E-state index contributed by atoms with van der Waals surface area (Å²) in [6.45, 7) is 0. The lowest BCUT2D eigenvalue weighted by atomic mass is 10.1. The molecule has 0 spiro atoms. The molecule has 0 aliphatic rings. The van der Waals surface area contributed by atoms with Gasteiger partial charge in [0.25, 0.3) is 0 Å². The molecule has 0 saturated heterocycles. The summed E-state index contributed by atoms with van der Waals surface area (Å²) in [5.74, 6) is -1.46. The van der Waals surface area contributed by atoms with E-state index in [1.165, 1.54) is 0 Å². The van der Waals surface area contributed by atoms with E-state index in [0.717, 1.165) is 12.1 Å². The van der Waals surface area contributed by atoms with E-state index in [1.807, 2.05) is 4.72 Å². The largest absolute Gasteiger partial charge is 0.480 e. The van der Waals surface area contributed by atoms with Gasteiger partial charge in [0.05, 0.1) is 15.5 Å². The van der Waals surface area contributed by atoms with Crippen LogP contribution in [0.5, 0.6) is 0 Å². The zero-order valence-corrected chi connectivity index (χ0v) is 14.6. The fourth-order valence-corrected chi connectivity index (χ4v) is 3.61. The maximum atomic E-state index is 12.9. The van der Waals surface area contributed by atoms with Gasteiger partial charge < -0.3 is 5.11 Å². The van der Waals surface area contributed by atoms with Crippen LogP contribution in [0.2, 0.25) is 5.02 Å². The van der Waals surface area contributed by atoms with Crippen LogP contribution >= 0.6 is 11.6 Å². The number of rotatable bonds is 6. The molecule has 0 aliphatic carbocycles. The predicted molar refractivity (Wildman–Crippen MR) is 88.3 cm³/mol. The first-order chi connectivity index (χ1) is 12.0. The number of sulfonamides is 1. The highest BCUT2D eigenvalue weighted by molar-refractivity contribution is 7.89. The molecule has 0 aromatic heterocycles. The lowest BCUT2D eigenvalue weighted by Crippen LogP contribution is -2.42. The van der Waals surface area contributed by atoms with Crippen LogP contribution in [0.25, 0.3) is 0 Å². The van der Waals surface area contributed by atoms with Crippen molar-refractivity contribution in [3.63, 3.8) is 0 Å². The van der Waals surface area contributed by atoms with Crippen LogP contribution in [0.15, 0.2) is 53.4 Å². The van der Waals surface area contributed by atoms with Gasteiger partial charge in [0.15, 0.2) is 0 Å². The van der Waals surface area contributed by atoms with Crippen LogP contribution in [0.1, 0.15) is 11.1 Å². The molecule has 0 fully saturated rings. The number of hydrogen-bond acceptors (Lipinski definition) is 3. The number of carbonyl (C=O) groups is 1. The first-order valence-corrected chi connectivity index (χ1v) is 9.02. The van der Waals surface area contributed by atoms with Gasteiger partial charge in [-0.25, -0.2) is 8.42 Å². The Bertz CT molecular complexity index is 901. The smallest absolute Gasteiger partial charge is 0.417 e. The average molecular weight is 408 g/mol. The molecule has 0 bridgehead atoms. The van der Waals surface area contributed by atoms with Gasteiger partial charge in [-0.05, 0) is 30.2 Å². The van der Waals surface area contributed by atoms with Crippen LogP contribution in [0.4, 0.5) is 13.2 Å². The predicted octanol–water partition coefficient (Wildman–Crippen LogP) is 3.33. The molecule has 26 heavy (non-hydrogen) atoms. The summed E-state index contributed by atoms with van der Waals surface area (Å²) in [5.41, 5.74) is -0.772. The molecule has 1 atom stereocenters. The van der Waals surface area contributed by atoms with E-state index in [0.29, 0.717) is 11.6 Å². The summed E-state index contributed by atoms with van der Waals surface area (Å²) in [5, 5.41) is 8.59. The van der Waals surface area contributed by atoms with Crippen molar-refractivity contribution in [1.29, 1.82) is 0 Å². The van der Waals surface area contributed by atoms with E-state index in [-0.39, 0.29) is 6.42 Å². The van der Waals surface area contributed by atoms with E-state index < -0.39 is 43.7 Å². The lowest BCUT2D eigenvalue weighted by Gasteiger charge is -2.16. The standard InChI is InChI=1S/C16H13ClF3NO4S/c17-13-7-6-11(9-12(13)16(18,19)20)26(24,25)21-14(15(22)23)8-10-4-2-1-3-5-10/h1-7,9,14,21H,8H2,(H,22,23). The van der Waals surface area contributed by atoms with Crippen LogP contribution in [-0.4, -0.2) is 25.5 Å². The highest BCUT2D eigenvalue weighted by atomic mass is 35.5. The van der Waals surface area contributed by atoms with E-state index in [2.05, 4.69) is 0 Å². The van der Waals surface area contributed by atoms with E-state index in [1.54, 1.807) is 30.3 Å². The Labute approximate surface area is 152 Å². The Balaban J connectivity index is 2.32. The monoisotopic (exact) mass is 407 g/mol. The van der Waals surface area contributed by atoms with Crippen molar-refractivity contribution >= 4 is 27.6 Å². The van der Waals surface area contributed by atoms with Gasteiger partial charge >= 0.3 is 12.1 Å². The van der Waals surface area contributed by atoms with Crippen molar-refractivity contribution in [2.45, 2.75) is 23.5 Å². The summed E-state index contributed by atoms with van der Waals surface area (Å²) in [6.07, 6.45) is -5.02. The van der Waals surface area contributed by atoms with Crippen molar-refractivity contribution in [3.05, 3.63) is 64.7 Å². The van der Waals surface area contributed by atoms with Crippen molar-refractivity contribution < 1.29 is 31.5 Å². The van der Waals surface area contributed by atoms with Crippen molar-refractivity contribution in [1.82, 2.24) is 4.72 Å². The third-order valence-corrected chi connectivity index (χ3v) is 5.23. The van der Waals surface area contributed by atoms with E-state index >= 15 is 0 Å². The molecule has 0 saturated carbocycles. The lowest BCUT2D eigenvalue weighted by molar-refractivity contribution is -0.139. The number of aliphatic carboxylic acids is 1. The molecule has 5 nitrogen and oxygen atoms in total. The van der Waals surface area contributed by atoms with Crippen molar-refractivity contribution in [2.24, 2.45) is 0 Å². The topological polar surface area (TPSA) is 83.5 Å². The summed E-state index contributed by atoms with van der Waals surface area (Å²) in [7, 11) is -4.51. The normalized spacial score (nSPS) is 13.4. The van der Waals surface area contributed by atoms with Crippen LogP contribution < -0.4 is 4.72 Å². The quantitative estimate of drug-likeness (QED) is 0.769. The maximum Gasteiger partial charge on any atom is 0.417 e. The number of halogens is 4. The van der Waals surface area contributed by atoms with Gasteiger partial charge in [0, 0.05) is 0 Å². The fraction of sp³-hybridized carbons (Fsp3) is 0.188. The molecule has 2 aromatic rings. The number of nitrogens with one attached hydrogen (secondary N) is 1. The Morgan fingerprint density at radius 3 is 2.31 bits per heavy atom. The fourth-order valence-electron chi connectivity index (χ4n) is 2.17. The third-order valence-electron chi connectivity index (χ3n) is 3.43. The second-order valence-corrected chi connectivity index (χ2v) is 7.46. The van der Waals surface area contributed by atoms with Gasteiger partial charge in [-0.3, -0.25) is 4.79 Å². The Hall–Kier alpha value is -2.10. The van der Waals surface area contributed by atoms with Gasteiger partial charge in [0.1, 0.15) is 6.04 Å². The highest BCUT2D eigenvalue weighted by Crippen LogP contribution is 2.35. The van der Waals surface area contributed by atoms with Crippen molar-refractivity contribution in [3.8, 4) is 0 Å². The number of alkyl halides is 3. The van der Waals surface area contributed by atoms with E-state index in [4.69, 9.17) is 11.6 Å². The first-order valence-electron chi connectivity index (χ1n) is 7.16. The van der Waals surface area contributed by atoms with Crippen LogP contribution in [0.3, 0.4) is 0 Å². The molecule has 2 N–H and O–H groups in total. The summed E-state index contributed by atoms with van der Waals surface area (Å²) < 4.78 is 65.3. The molecule has 2 aromatic carbocycles. The molecule has 0 aliphatic heterocycles. The SMILES string of the molecule is O=C(O)C(Cc1ccccc1)NS(=O)(=O)c1ccc(Cl)c(C(F)(F)F)c1. The van der Waals surface area contributed by atoms with Crippen LogP contribution in [-0.2, 0) is 27.4 Å². The molecule has 2 rings (SSSR count). The minimum atomic E-state index is -4.85. The minimum Gasteiger partial charge on any atom is -0.480 e.